The quantitative estimate of drug-likeness (QED) is 0.818. The van der Waals surface area contributed by atoms with E-state index in [1.54, 1.807) is 12.1 Å². The van der Waals surface area contributed by atoms with Crippen molar-refractivity contribution < 1.29 is 21.2 Å². The van der Waals surface area contributed by atoms with Gasteiger partial charge < -0.3 is 0 Å². The molecular weight excluding hydrogens is 367 g/mol. The van der Waals surface area contributed by atoms with E-state index in [9.17, 15) is 21.2 Å². The number of nitrogens with zero attached hydrogens (tertiary/aromatic N) is 1. The third-order valence-corrected chi connectivity index (χ3v) is 7.20. The van der Waals surface area contributed by atoms with E-state index < -0.39 is 25.9 Å². The van der Waals surface area contributed by atoms with Crippen LogP contribution in [0.15, 0.2) is 53.4 Å². The van der Waals surface area contributed by atoms with Crippen molar-refractivity contribution in [2.24, 2.45) is 0 Å². The number of fused-ring (bicyclic) bond motifs is 1. The van der Waals surface area contributed by atoms with E-state index in [-0.39, 0.29) is 17.2 Å². The molecule has 1 heterocycles. The number of sulfonamides is 2. The van der Waals surface area contributed by atoms with E-state index >= 15 is 0 Å². The average molecular weight is 384 g/mol. The molecule has 134 valence electrons. The highest BCUT2D eigenvalue weighted by atomic mass is 32.2. The zero-order chi connectivity index (χ0) is 18.1. The first kappa shape index (κ1) is 17.8. The van der Waals surface area contributed by atoms with Gasteiger partial charge in [-0.25, -0.2) is 25.9 Å². The molecule has 0 saturated heterocycles. The fourth-order valence-corrected chi connectivity index (χ4v) is 5.30. The lowest BCUT2D eigenvalue weighted by molar-refractivity contribution is 0.579. The van der Waals surface area contributed by atoms with Crippen LogP contribution in [-0.2, 0) is 26.5 Å². The molecule has 25 heavy (non-hydrogen) atoms. The molecule has 2 aromatic carbocycles. The summed E-state index contributed by atoms with van der Waals surface area (Å²) in [5, 5.41) is 0. The Morgan fingerprint density at radius 1 is 1.00 bits per heavy atom. The smallest absolute Gasteiger partial charge is 0.240 e. The van der Waals surface area contributed by atoms with Gasteiger partial charge in [0.05, 0.1) is 16.3 Å². The molecule has 0 saturated carbocycles. The van der Waals surface area contributed by atoms with Crippen LogP contribution in [0.5, 0.6) is 0 Å². The monoisotopic (exact) mass is 384 g/mol. The number of halogens is 1. The zero-order valence-electron chi connectivity index (χ0n) is 13.2. The van der Waals surface area contributed by atoms with Crippen LogP contribution in [0.1, 0.15) is 5.56 Å². The van der Waals surface area contributed by atoms with Crippen molar-refractivity contribution in [3.8, 4) is 0 Å². The van der Waals surface area contributed by atoms with Crippen LogP contribution in [0.3, 0.4) is 0 Å². The third kappa shape index (κ3) is 3.83. The van der Waals surface area contributed by atoms with Gasteiger partial charge in [-0.3, -0.25) is 4.31 Å². The van der Waals surface area contributed by atoms with Crippen molar-refractivity contribution in [2.75, 3.05) is 23.1 Å². The molecule has 1 aliphatic heterocycles. The molecule has 1 N–H and O–H groups in total. The zero-order valence-corrected chi connectivity index (χ0v) is 14.9. The first-order valence-corrected chi connectivity index (χ1v) is 10.7. The van der Waals surface area contributed by atoms with Crippen molar-refractivity contribution in [3.05, 3.63) is 59.9 Å². The Kier molecular flexibility index (Phi) is 4.81. The van der Waals surface area contributed by atoms with Crippen molar-refractivity contribution in [1.29, 1.82) is 0 Å². The number of nitrogens with one attached hydrogen (secondary N) is 1. The minimum atomic E-state index is -3.88. The minimum Gasteiger partial charge on any atom is -0.270 e. The third-order valence-electron chi connectivity index (χ3n) is 3.96. The highest BCUT2D eigenvalue weighted by Crippen LogP contribution is 2.29. The van der Waals surface area contributed by atoms with Crippen molar-refractivity contribution >= 4 is 25.7 Å². The van der Waals surface area contributed by atoms with E-state index in [4.69, 9.17) is 0 Å². The number of anilines is 1. The van der Waals surface area contributed by atoms with Crippen LogP contribution in [0.25, 0.3) is 0 Å². The van der Waals surface area contributed by atoms with Crippen LogP contribution in [0, 0.1) is 5.82 Å². The summed E-state index contributed by atoms with van der Waals surface area (Å²) < 4.78 is 65.7. The fraction of sp³-hybridized carbons (Fsp3) is 0.250. The topological polar surface area (TPSA) is 83.5 Å². The summed E-state index contributed by atoms with van der Waals surface area (Å²) in [6.45, 7) is 0.0904. The molecular formula is C16H17FN2O4S2. The van der Waals surface area contributed by atoms with Gasteiger partial charge in [-0.05, 0) is 42.3 Å². The van der Waals surface area contributed by atoms with Crippen LogP contribution < -0.4 is 9.03 Å². The molecule has 1 aliphatic rings. The normalized spacial score (nSPS) is 14.5. The molecule has 0 spiro atoms. The molecule has 0 bridgehead atoms. The highest BCUT2D eigenvalue weighted by Gasteiger charge is 2.29. The minimum absolute atomic E-state index is 0.113. The Bertz CT molecular complexity index is 973. The van der Waals surface area contributed by atoms with Crippen molar-refractivity contribution in [2.45, 2.75) is 11.3 Å². The molecule has 0 aliphatic carbocycles. The van der Waals surface area contributed by atoms with Gasteiger partial charge in [0, 0.05) is 13.1 Å². The van der Waals surface area contributed by atoms with Crippen LogP contribution >= 0.6 is 0 Å². The average Bonchev–Trinajstić information content (AvgIpc) is 3.00. The lowest BCUT2D eigenvalue weighted by Gasteiger charge is -2.19. The predicted octanol–water partition coefficient (Wildman–Crippen LogP) is 1.50. The van der Waals surface area contributed by atoms with Gasteiger partial charge in [0.2, 0.25) is 20.0 Å². The molecule has 2 aromatic rings. The SMILES string of the molecule is O=S(=O)(NCCS(=O)(=O)N1CCc2ccccc21)c1ccc(F)cc1. The first-order chi connectivity index (χ1) is 11.8. The summed E-state index contributed by atoms with van der Waals surface area (Å²) in [5.74, 6) is -0.906. The summed E-state index contributed by atoms with van der Waals surface area (Å²) in [6.07, 6.45) is 0.636. The number of rotatable bonds is 6. The van der Waals surface area contributed by atoms with Gasteiger partial charge in [0.25, 0.3) is 0 Å². The Morgan fingerprint density at radius 3 is 2.40 bits per heavy atom. The summed E-state index contributed by atoms with van der Waals surface area (Å²) in [7, 11) is -7.52. The maximum Gasteiger partial charge on any atom is 0.240 e. The second-order valence-electron chi connectivity index (χ2n) is 5.62. The Labute approximate surface area is 146 Å². The summed E-state index contributed by atoms with van der Waals surface area (Å²) in [5.41, 5.74) is 1.60. The summed E-state index contributed by atoms with van der Waals surface area (Å²) in [6, 6.07) is 11.6. The largest absolute Gasteiger partial charge is 0.270 e. The molecule has 0 atom stereocenters. The van der Waals surface area contributed by atoms with Gasteiger partial charge in [0.15, 0.2) is 0 Å². The van der Waals surface area contributed by atoms with E-state index in [1.807, 2.05) is 12.1 Å². The second kappa shape index (κ2) is 6.74. The van der Waals surface area contributed by atoms with Crippen LogP contribution in [0.4, 0.5) is 10.1 Å². The van der Waals surface area contributed by atoms with E-state index in [1.165, 1.54) is 4.31 Å². The van der Waals surface area contributed by atoms with Crippen LogP contribution in [0.2, 0.25) is 0 Å². The highest BCUT2D eigenvalue weighted by molar-refractivity contribution is 7.93. The number of hydrogen-bond donors (Lipinski definition) is 1. The van der Waals surface area contributed by atoms with E-state index in [0.717, 1.165) is 29.8 Å². The second-order valence-corrected chi connectivity index (χ2v) is 9.40. The Morgan fingerprint density at radius 2 is 1.68 bits per heavy atom. The van der Waals surface area contributed by atoms with Crippen molar-refractivity contribution in [3.63, 3.8) is 0 Å². The van der Waals surface area contributed by atoms with Gasteiger partial charge in [-0.15, -0.1) is 0 Å². The van der Waals surface area contributed by atoms with E-state index in [2.05, 4.69) is 4.72 Å². The maximum absolute atomic E-state index is 12.9. The Hall–Kier alpha value is -1.97. The molecule has 6 nitrogen and oxygen atoms in total. The number of benzene rings is 2. The molecule has 0 unspecified atom stereocenters. The maximum atomic E-state index is 12.9. The number of hydrogen-bond acceptors (Lipinski definition) is 4. The Balaban J connectivity index is 1.66. The first-order valence-electron chi connectivity index (χ1n) is 7.63. The van der Waals surface area contributed by atoms with Crippen LogP contribution in [-0.4, -0.2) is 35.7 Å². The molecule has 3 rings (SSSR count). The van der Waals surface area contributed by atoms with Gasteiger partial charge in [0.1, 0.15) is 5.82 Å². The lowest BCUT2D eigenvalue weighted by Crippen LogP contribution is -2.36. The standard InChI is InChI=1S/C16H17FN2O4S2/c17-14-5-7-15(8-6-14)25(22,23)18-10-12-24(20,21)19-11-9-13-3-1-2-4-16(13)19/h1-8,18H,9-12H2. The molecule has 0 amide bonds. The van der Waals surface area contributed by atoms with Gasteiger partial charge in [-0.1, -0.05) is 18.2 Å². The summed E-state index contributed by atoms with van der Waals surface area (Å²) in [4.78, 5) is -0.113. The molecule has 0 aromatic heterocycles. The van der Waals surface area contributed by atoms with Crippen molar-refractivity contribution in [1.82, 2.24) is 4.72 Å². The predicted molar refractivity (Wildman–Crippen MR) is 92.9 cm³/mol. The van der Waals surface area contributed by atoms with Gasteiger partial charge >= 0.3 is 0 Å². The van der Waals surface area contributed by atoms with E-state index in [0.29, 0.717) is 18.7 Å². The summed E-state index contributed by atoms with van der Waals surface area (Å²) >= 11 is 0. The fourth-order valence-electron chi connectivity index (χ4n) is 2.71. The lowest BCUT2D eigenvalue weighted by atomic mass is 10.2. The molecule has 0 radical (unpaired) electrons. The number of para-hydroxylation sites is 1. The molecule has 9 heteroatoms. The molecule has 0 fully saturated rings. The van der Waals surface area contributed by atoms with Gasteiger partial charge in [-0.2, -0.15) is 0 Å².